The number of halogens is 1. The number of carboxylic acids is 1. The van der Waals surface area contributed by atoms with Crippen molar-refractivity contribution in [3.8, 4) is 11.3 Å². The average molecular weight is 306 g/mol. The van der Waals surface area contributed by atoms with Crippen molar-refractivity contribution in [2.45, 2.75) is 12.8 Å². The van der Waals surface area contributed by atoms with Crippen LogP contribution in [0.15, 0.2) is 24.3 Å². The van der Waals surface area contributed by atoms with Gasteiger partial charge in [0.2, 0.25) is 5.91 Å². The van der Waals surface area contributed by atoms with Crippen LogP contribution in [0.25, 0.3) is 11.3 Å². The Bertz CT molecular complexity index is 708. The number of carbonyl (C=O) groups excluding carboxylic acids is 1. The molecule has 1 aliphatic rings. The van der Waals surface area contributed by atoms with Gasteiger partial charge in [-0.15, -0.1) is 0 Å². The zero-order valence-electron chi connectivity index (χ0n) is 10.8. The summed E-state index contributed by atoms with van der Waals surface area (Å²) in [5, 5.41) is 12.1. The number of hydrogen-bond donors (Lipinski definition) is 2. The van der Waals surface area contributed by atoms with Crippen molar-refractivity contribution >= 4 is 28.3 Å². The van der Waals surface area contributed by atoms with E-state index in [1.54, 1.807) is 0 Å². The summed E-state index contributed by atoms with van der Waals surface area (Å²) in [5.41, 5.74) is 0.732. The molecule has 1 fully saturated rings. The number of thiazole rings is 1. The van der Waals surface area contributed by atoms with Crippen LogP contribution in [-0.4, -0.2) is 22.0 Å². The molecule has 0 saturated heterocycles. The molecule has 7 heteroatoms. The minimum Gasteiger partial charge on any atom is -0.477 e. The Hall–Kier alpha value is -2.28. The fourth-order valence-electron chi connectivity index (χ4n) is 1.87. The van der Waals surface area contributed by atoms with Crippen molar-refractivity contribution in [1.29, 1.82) is 0 Å². The number of hydrogen-bond acceptors (Lipinski definition) is 4. The van der Waals surface area contributed by atoms with E-state index >= 15 is 0 Å². The van der Waals surface area contributed by atoms with Gasteiger partial charge in [-0.05, 0) is 37.1 Å². The third kappa shape index (κ3) is 2.92. The van der Waals surface area contributed by atoms with Gasteiger partial charge < -0.3 is 10.4 Å². The first-order valence-corrected chi connectivity index (χ1v) is 7.17. The molecule has 0 radical (unpaired) electrons. The first kappa shape index (κ1) is 13.7. The Labute approximate surface area is 123 Å². The molecule has 1 heterocycles. The third-order valence-corrected chi connectivity index (χ3v) is 4.08. The summed E-state index contributed by atoms with van der Waals surface area (Å²) >= 11 is 0.904. The van der Waals surface area contributed by atoms with E-state index in [-0.39, 0.29) is 27.5 Å². The van der Waals surface area contributed by atoms with Gasteiger partial charge in [-0.25, -0.2) is 14.2 Å². The van der Waals surface area contributed by atoms with Crippen molar-refractivity contribution in [3.05, 3.63) is 35.0 Å². The SMILES string of the molecule is O=C(O)c1sc(NC(=O)C2CC2)nc1-c1ccc(F)cc1. The first-order valence-electron chi connectivity index (χ1n) is 6.35. The molecule has 0 bridgehead atoms. The number of aromatic carboxylic acids is 1. The predicted octanol–water partition coefficient (Wildman–Crippen LogP) is 3.00. The van der Waals surface area contributed by atoms with Crippen LogP contribution >= 0.6 is 11.3 Å². The predicted molar refractivity (Wildman–Crippen MR) is 75.8 cm³/mol. The summed E-state index contributed by atoms with van der Waals surface area (Å²) in [5.74, 6) is -1.66. The molecule has 21 heavy (non-hydrogen) atoms. The van der Waals surface area contributed by atoms with Gasteiger partial charge in [-0.3, -0.25) is 4.79 Å². The van der Waals surface area contributed by atoms with E-state index in [1.165, 1.54) is 24.3 Å². The highest BCUT2D eigenvalue weighted by molar-refractivity contribution is 7.18. The summed E-state index contributed by atoms with van der Waals surface area (Å²) in [7, 11) is 0. The van der Waals surface area contributed by atoms with Crippen LogP contribution in [0.5, 0.6) is 0 Å². The molecule has 0 unspecified atom stereocenters. The molecule has 1 aromatic carbocycles. The van der Waals surface area contributed by atoms with Gasteiger partial charge in [0.25, 0.3) is 0 Å². The highest BCUT2D eigenvalue weighted by Crippen LogP contribution is 2.34. The molecule has 0 aliphatic heterocycles. The maximum absolute atomic E-state index is 12.9. The summed E-state index contributed by atoms with van der Waals surface area (Å²) < 4.78 is 12.9. The van der Waals surface area contributed by atoms with Gasteiger partial charge in [-0.1, -0.05) is 11.3 Å². The summed E-state index contributed by atoms with van der Waals surface area (Å²) in [6, 6.07) is 5.40. The summed E-state index contributed by atoms with van der Waals surface area (Å²) in [4.78, 5) is 27.2. The standard InChI is InChI=1S/C14H11FN2O3S/c15-9-5-3-7(4-6-9)10-11(13(19)20)21-14(16-10)17-12(18)8-1-2-8/h3-6,8H,1-2H2,(H,19,20)(H,16,17,18). The molecule has 2 N–H and O–H groups in total. The lowest BCUT2D eigenvalue weighted by molar-refractivity contribution is -0.117. The molecule has 108 valence electrons. The second-order valence-electron chi connectivity index (χ2n) is 4.77. The lowest BCUT2D eigenvalue weighted by Gasteiger charge is -1.99. The third-order valence-electron chi connectivity index (χ3n) is 3.12. The Morgan fingerprint density at radius 2 is 1.95 bits per heavy atom. The van der Waals surface area contributed by atoms with Gasteiger partial charge in [0, 0.05) is 11.5 Å². The molecule has 0 spiro atoms. The molecule has 1 amide bonds. The molecule has 1 aromatic heterocycles. The van der Waals surface area contributed by atoms with E-state index in [0.29, 0.717) is 5.56 Å². The Balaban J connectivity index is 1.94. The Kier molecular flexibility index (Phi) is 3.42. The number of carboxylic acid groups (broad SMARTS) is 1. The highest BCUT2D eigenvalue weighted by Gasteiger charge is 2.30. The second kappa shape index (κ2) is 5.25. The fourth-order valence-corrected chi connectivity index (χ4v) is 2.70. The number of nitrogens with one attached hydrogen (secondary N) is 1. The number of rotatable bonds is 4. The van der Waals surface area contributed by atoms with E-state index in [2.05, 4.69) is 10.3 Å². The van der Waals surface area contributed by atoms with Gasteiger partial charge in [0.1, 0.15) is 10.7 Å². The molecule has 2 aromatic rings. The van der Waals surface area contributed by atoms with Crippen molar-refractivity contribution < 1.29 is 19.1 Å². The maximum Gasteiger partial charge on any atom is 0.348 e. The molecular weight excluding hydrogens is 295 g/mol. The van der Waals surface area contributed by atoms with Crippen LogP contribution < -0.4 is 5.32 Å². The van der Waals surface area contributed by atoms with E-state index < -0.39 is 11.8 Å². The minimum absolute atomic E-state index is 0.0106. The van der Waals surface area contributed by atoms with Crippen LogP contribution in [0.4, 0.5) is 9.52 Å². The molecule has 1 saturated carbocycles. The number of aromatic nitrogens is 1. The Morgan fingerprint density at radius 1 is 1.29 bits per heavy atom. The van der Waals surface area contributed by atoms with Crippen LogP contribution in [0.1, 0.15) is 22.5 Å². The van der Waals surface area contributed by atoms with Crippen LogP contribution in [0.2, 0.25) is 0 Å². The average Bonchev–Trinajstić information content (AvgIpc) is 3.21. The smallest absolute Gasteiger partial charge is 0.348 e. The number of amides is 1. The number of anilines is 1. The summed E-state index contributed by atoms with van der Waals surface area (Å²) in [6.45, 7) is 0. The zero-order valence-corrected chi connectivity index (χ0v) is 11.6. The molecule has 5 nitrogen and oxygen atoms in total. The maximum atomic E-state index is 12.9. The summed E-state index contributed by atoms with van der Waals surface area (Å²) in [6.07, 6.45) is 1.71. The van der Waals surface area contributed by atoms with Gasteiger partial charge in [0.15, 0.2) is 5.13 Å². The van der Waals surface area contributed by atoms with Crippen molar-refractivity contribution in [2.75, 3.05) is 5.32 Å². The van der Waals surface area contributed by atoms with E-state index in [0.717, 1.165) is 24.2 Å². The van der Waals surface area contributed by atoms with E-state index in [9.17, 15) is 19.1 Å². The lowest BCUT2D eigenvalue weighted by atomic mass is 10.1. The quantitative estimate of drug-likeness (QED) is 0.910. The van der Waals surface area contributed by atoms with Crippen molar-refractivity contribution in [1.82, 2.24) is 4.98 Å². The van der Waals surface area contributed by atoms with Crippen LogP contribution in [0.3, 0.4) is 0 Å². The van der Waals surface area contributed by atoms with Crippen molar-refractivity contribution in [3.63, 3.8) is 0 Å². The molecule has 1 aliphatic carbocycles. The topological polar surface area (TPSA) is 79.3 Å². The van der Waals surface area contributed by atoms with E-state index in [4.69, 9.17) is 0 Å². The van der Waals surface area contributed by atoms with Crippen molar-refractivity contribution in [2.24, 2.45) is 5.92 Å². The molecule has 3 rings (SSSR count). The largest absolute Gasteiger partial charge is 0.477 e. The monoisotopic (exact) mass is 306 g/mol. The van der Waals surface area contributed by atoms with Gasteiger partial charge >= 0.3 is 5.97 Å². The van der Waals surface area contributed by atoms with E-state index in [1.807, 2.05) is 0 Å². The molecule has 0 atom stereocenters. The highest BCUT2D eigenvalue weighted by atomic mass is 32.1. The number of nitrogens with zero attached hydrogens (tertiary/aromatic N) is 1. The Morgan fingerprint density at radius 3 is 2.52 bits per heavy atom. The lowest BCUT2D eigenvalue weighted by Crippen LogP contribution is -2.12. The number of benzene rings is 1. The zero-order chi connectivity index (χ0) is 15.0. The van der Waals surface area contributed by atoms with Gasteiger partial charge in [0.05, 0.1) is 5.69 Å². The second-order valence-corrected chi connectivity index (χ2v) is 5.77. The van der Waals surface area contributed by atoms with Crippen LogP contribution in [0, 0.1) is 11.7 Å². The fraction of sp³-hybridized carbons (Fsp3) is 0.214. The number of carbonyl (C=O) groups is 2. The molecular formula is C14H11FN2O3S. The van der Waals surface area contributed by atoms with Gasteiger partial charge in [-0.2, -0.15) is 0 Å². The van der Waals surface area contributed by atoms with Crippen LogP contribution in [-0.2, 0) is 4.79 Å². The normalized spacial score (nSPS) is 14.0. The minimum atomic E-state index is -1.13. The first-order chi connectivity index (χ1) is 10.0.